The van der Waals surface area contributed by atoms with Crippen molar-refractivity contribution in [3.8, 4) is 0 Å². The minimum absolute atomic E-state index is 0.716. The standard InChI is InChI=1S/C12H25NO/c1-13-12(8-5-9-14-2)10-11-6-3-4-7-11/h11-13H,3-10H2,1-2H3. The highest BCUT2D eigenvalue weighted by Gasteiger charge is 2.18. The number of methoxy groups -OCH3 is 1. The first-order valence-corrected chi connectivity index (χ1v) is 6.03. The number of ether oxygens (including phenoxy) is 1. The van der Waals surface area contributed by atoms with Gasteiger partial charge < -0.3 is 10.1 Å². The highest BCUT2D eigenvalue weighted by atomic mass is 16.5. The molecule has 1 aliphatic carbocycles. The van der Waals surface area contributed by atoms with Crippen LogP contribution in [0.25, 0.3) is 0 Å². The molecule has 1 aliphatic rings. The monoisotopic (exact) mass is 199 g/mol. The topological polar surface area (TPSA) is 21.3 Å². The predicted molar refractivity (Wildman–Crippen MR) is 60.5 cm³/mol. The molecule has 0 aromatic rings. The van der Waals surface area contributed by atoms with Gasteiger partial charge in [0.25, 0.3) is 0 Å². The highest BCUT2D eigenvalue weighted by Crippen LogP contribution is 2.29. The van der Waals surface area contributed by atoms with Gasteiger partial charge in [-0.25, -0.2) is 0 Å². The van der Waals surface area contributed by atoms with Crippen LogP contribution in [0.4, 0.5) is 0 Å². The molecular formula is C12H25NO. The van der Waals surface area contributed by atoms with E-state index >= 15 is 0 Å². The van der Waals surface area contributed by atoms with Crippen molar-refractivity contribution in [3.05, 3.63) is 0 Å². The Morgan fingerprint density at radius 2 is 2.07 bits per heavy atom. The molecule has 0 spiro atoms. The first kappa shape index (κ1) is 12.0. The Morgan fingerprint density at radius 3 is 2.64 bits per heavy atom. The van der Waals surface area contributed by atoms with Crippen LogP contribution in [0.2, 0.25) is 0 Å². The normalized spacial score (nSPS) is 20.1. The van der Waals surface area contributed by atoms with E-state index in [1.165, 1.54) is 44.9 Å². The van der Waals surface area contributed by atoms with E-state index in [-0.39, 0.29) is 0 Å². The Labute approximate surface area is 88.4 Å². The van der Waals surface area contributed by atoms with Gasteiger partial charge in [0.05, 0.1) is 0 Å². The Morgan fingerprint density at radius 1 is 1.36 bits per heavy atom. The number of hydrogen-bond donors (Lipinski definition) is 1. The first-order valence-electron chi connectivity index (χ1n) is 6.03. The van der Waals surface area contributed by atoms with Crippen molar-refractivity contribution in [1.82, 2.24) is 5.32 Å². The summed E-state index contributed by atoms with van der Waals surface area (Å²) in [6, 6.07) is 0.716. The molecule has 0 aromatic heterocycles. The summed E-state index contributed by atoms with van der Waals surface area (Å²) in [6.07, 6.45) is 9.67. The van der Waals surface area contributed by atoms with Gasteiger partial charge in [-0.15, -0.1) is 0 Å². The Hall–Kier alpha value is -0.0800. The summed E-state index contributed by atoms with van der Waals surface area (Å²) in [4.78, 5) is 0. The molecule has 0 bridgehead atoms. The molecule has 1 rings (SSSR count). The van der Waals surface area contributed by atoms with E-state index in [9.17, 15) is 0 Å². The van der Waals surface area contributed by atoms with E-state index in [2.05, 4.69) is 12.4 Å². The molecule has 0 heterocycles. The molecule has 1 unspecified atom stereocenters. The van der Waals surface area contributed by atoms with Crippen molar-refractivity contribution in [3.63, 3.8) is 0 Å². The fourth-order valence-electron chi connectivity index (χ4n) is 2.50. The van der Waals surface area contributed by atoms with Crippen LogP contribution in [0, 0.1) is 5.92 Å². The van der Waals surface area contributed by atoms with E-state index < -0.39 is 0 Å². The van der Waals surface area contributed by atoms with Gasteiger partial charge in [-0.1, -0.05) is 25.7 Å². The van der Waals surface area contributed by atoms with Gasteiger partial charge in [0.2, 0.25) is 0 Å². The third kappa shape index (κ3) is 4.43. The van der Waals surface area contributed by atoms with Crippen molar-refractivity contribution in [1.29, 1.82) is 0 Å². The highest BCUT2D eigenvalue weighted by molar-refractivity contribution is 4.74. The Balaban J connectivity index is 2.10. The maximum atomic E-state index is 5.08. The van der Waals surface area contributed by atoms with Crippen LogP contribution in [0.3, 0.4) is 0 Å². The molecule has 14 heavy (non-hydrogen) atoms. The largest absolute Gasteiger partial charge is 0.385 e. The second-order valence-electron chi connectivity index (χ2n) is 4.51. The summed E-state index contributed by atoms with van der Waals surface area (Å²) < 4.78 is 5.08. The molecule has 2 nitrogen and oxygen atoms in total. The molecule has 0 aliphatic heterocycles. The zero-order chi connectivity index (χ0) is 10.2. The van der Waals surface area contributed by atoms with Crippen molar-refractivity contribution >= 4 is 0 Å². The van der Waals surface area contributed by atoms with E-state index in [0.29, 0.717) is 6.04 Å². The van der Waals surface area contributed by atoms with E-state index in [1.54, 1.807) is 7.11 Å². The molecular weight excluding hydrogens is 174 g/mol. The van der Waals surface area contributed by atoms with Crippen LogP contribution >= 0.6 is 0 Å². The molecule has 84 valence electrons. The number of hydrogen-bond acceptors (Lipinski definition) is 2. The summed E-state index contributed by atoms with van der Waals surface area (Å²) in [5.41, 5.74) is 0. The van der Waals surface area contributed by atoms with Crippen LogP contribution in [0.5, 0.6) is 0 Å². The summed E-state index contributed by atoms with van der Waals surface area (Å²) in [5, 5.41) is 3.43. The molecule has 1 saturated carbocycles. The van der Waals surface area contributed by atoms with Crippen molar-refractivity contribution in [2.24, 2.45) is 5.92 Å². The smallest absolute Gasteiger partial charge is 0.0462 e. The lowest BCUT2D eigenvalue weighted by Crippen LogP contribution is -2.27. The second-order valence-corrected chi connectivity index (χ2v) is 4.51. The summed E-state index contributed by atoms with van der Waals surface area (Å²) in [5.74, 6) is 0.995. The van der Waals surface area contributed by atoms with Crippen LogP contribution in [-0.2, 0) is 4.74 Å². The van der Waals surface area contributed by atoms with Crippen molar-refractivity contribution < 1.29 is 4.74 Å². The van der Waals surface area contributed by atoms with Gasteiger partial charge >= 0.3 is 0 Å². The van der Waals surface area contributed by atoms with E-state index in [4.69, 9.17) is 4.74 Å². The molecule has 0 saturated heterocycles. The number of nitrogens with one attached hydrogen (secondary N) is 1. The Kier molecular flexibility index (Phi) is 6.20. The summed E-state index contributed by atoms with van der Waals surface area (Å²) in [7, 11) is 3.87. The lowest BCUT2D eigenvalue weighted by molar-refractivity contribution is 0.187. The molecule has 2 heteroatoms. The predicted octanol–water partition coefficient (Wildman–Crippen LogP) is 2.58. The van der Waals surface area contributed by atoms with E-state index in [0.717, 1.165) is 12.5 Å². The maximum absolute atomic E-state index is 5.08. The van der Waals surface area contributed by atoms with E-state index in [1.807, 2.05) is 0 Å². The number of rotatable bonds is 7. The molecule has 0 radical (unpaired) electrons. The fraction of sp³-hybridized carbons (Fsp3) is 1.00. The van der Waals surface area contributed by atoms with Crippen LogP contribution < -0.4 is 5.32 Å². The lowest BCUT2D eigenvalue weighted by Gasteiger charge is -2.19. The lowest BCUT2D eigenvalue weighted by atomic mass is 9.96. The van der Waals surface area contributed by atoms with Gasteiger partial charge in [0, 0.05) is 19.8 Å². The van der Waals surface area contributed by atoms with Crippen LogP contribution in [0.1, 0.15) is 44.9 Å². The quantitative estimate of drug-likeness (QED) is 0.636. The molecule has 0 amide bonds. The minimum atomic E-state index is 0.716. The third-order valence-electron chi connectivity index (χ3n) is 3.40. The third-order valence-corrected chi connectivity index (χ3v) is 3.40. The first-order chi connectivity index (χ1) is 6.86. The SMILES string of the molecule is CNC(CCCOC)CC1CCCC1. The van der Waals surface area contributed by atoms with Crippen molar-refractivity contribution in [2.45, 2.75) is 51.0 Å². The van der Waals surface area contributed by atoms with Gasteiger partial charge in [-0.2, -0.15) is 0 Å². The van der Waals surface area contributed by atoms with Gasteiger partial charge in [0.15, 0.2) is 0 Å². The molecule has 0 aromatic carbocycles. The maximum Gasteiger partial charge on any atom is 0.0462 e. The summed E-state index contributed by atoms with van der Waals surface area (Å²) in [6.45, 7) is 0.906. The van der Waals surface area contributed by atoms with Gasteiger partial charge in [0.1, 0.15) is 0 Å². The van der Waals surface area contributed by atoms with Crippen molar-refractivity contribution in [2.75, 3.05) is 20.8 Å². The summed E-state index contributed by atoms with van der Waals surface area (Å²) >= 11 is 0. The van der Waals surface area contributed by atoms with Crippen LogP contribution in [-0.4, -0.2) is 26.8 Å². The average Bonchev–Trinajstić information content (AvgIpc) is 2.69. The fourth-order valence-corrected chi connectivity index (χ4v) is 2.50. The van der Waals surface area contributed by atoms with Crippen LogP contribution in [0.15, 0.2) is 0 Å². The zero-order valence-corrected chi connectivity index (χ0v) is 9.72. The minimum Gasteiger partial charge on any atom is -0.385 e. The molecule has 1 N–H and O–H groups in total. The van der Waals surface area contributed by atoms with Gasteiger partial charge in [-0.3, -0.25) is 0 Å². The molecule has 1 atom stereocenters. The average molecular weight is 199 g/mol. The van der Waals surface area contributed by atoms with Gasteiger partial charge in [-0.05, 0) is 32.2 Å². The second kappa shape index (κ2) is 7.24. The zero-order valence-electron chi connectivity index (χ0n) is 9.72. The Bertz CT molecular complexity index is 132. The molecule has 1 fully saturated rings.